The Labute approximate surface area is 160 Å². The lowest BCUT2D eigenvalue weighted by molar-refractivity contribution is -0.127. The molecule has 3 amide bonds. The van der Waals surface area contributed by atoms with Gasteiger partial charge in [-0.2, -0.15) is 0 Å². The summed E-state index contributed by atoms with van der Waals surface area (Å²) in [7, 11) is 0. The van der Waals surface area contributed by atoms with Crippen LogP contribution in [0.4, 0.5) is 4.79 Å². The topological polar surface area (TPSA) is 87.7 Å². The molecular formula is C20H29N3O4. The van der Waals surface area contributed by atoms with Crippen LogP contribution in [0.2, 0.25) is 0 Å². The largest absolute Gasteiger partial charge is 0.450 e. The summed E-state index contributed by atoms with van der Waals surface area (Å²) < 4.78 is 4.98. The lowest BCUT2D eigenvalue weighted by atomic mass is 9.87. The van der Waals surface area contributed by atoms with E-state index in [9.17, 15) is 14.4 Å². The van der Waals surface area contributed by atoms with Gasteiger partial charge in [-0.15, -0.1) is 0 Å². The summed E-state index contributed by atoms with van der Waals surface area (Å²) in [5, 5.41) is 0. The van der Waals surface area contributed by atoms with Crippen molar-refractivity contribution in [1.29, 1.82) is 0 Å². The summed E-state index contributed by atoms with van der Waals surface area (Å²) >= 11 is 0. The monoisotopic (exact) mass is 375 g/mol. The maximum Gasteiger partial charge on any atom is 0.409 e. The van der Waals surface area contributed by atoms with E-state index in [1.54, 1.807) is 19.1 Å². The molecule has 7 heteroatoms. The Morgan fingerprint density at radius 3 is 2.41 bits per heavy atom. The third kappa shape index (κ3) is 5.70. The van der Waals surface area contributed by atoms with Crippen LogP contribution in [0.3, 0.4) is 0 Å². The molecule has 0 aliphatic carbocycles. The van der Waals surface area contributed by atoms with Crippen molar-refractivity contribution in [2.24, 2.45) is 5.92 Å². The minimum Gasteiger partial charge on any atom is -0.450 e. The highest BCUT2D eigenvalue weighted by atomic mass is 16.6. The van der Waals surface area contributed by atoms with Gasteiger partial charge in [0.15, 0.2) is 0 Å². The Kier molecular flexibility index (Phi) is 6.82. The van der Waals surface area contributed by atoms with Crippen LogP contribution in [0, 0.1) is 5.92 Å². The molecule has 0 aromatic heterocycles. The fraction of sp³-hybridized carbons (Fsp3) is 0.550. The van der Waals surface area contributed by atoms with Crippen molar-refractivity contribution < 1.29 is 19.1 Å². The lowest BCUT2D eigenvalue weighted by Crippen LogP contribution is -2.50. The molecule has 0 unspecified atom stereocenters. The SMILES string of the molecule is CCOC(=O)N1CCC[C@H](C(=O)NNC(=O)c2ccc(C(C)(C)C)cc2)C1. The highest BCUT2D eigenvalue weighted by molar-refractivity contribution is 5.95. The molecule has 1 aromatic carbocycles. The lowest BCUT2D eigenvalue weighted by Gasteiger charge is -2.31. The Hall–Kier alpha value is -2.57. The van der Waals surface area contributed by atoms with E-state index in [1.807, 2.05) is 12.1 Å². The van der Waals surface area contributed by atoms with Crippen molar-refractivity contribution in [3.63, 3.8) is 0 Å². The third-order valence-corrected chi connectivity index (χ3v) is 4.63. The van der Waals surface area contributed by atoms with Crippen LogP contribution in [0.25, 0.3) is 0 Å². The molecule has 7 nitrogen and oxygen atoms in total. The van der Waals surface area contributed by atoms with Crippen LogP contribution in [0.1, 0.15) is 56.5 Å². The van der Waals surface area contributed by atoms with E-state index in [2.05, 4.69) is 31.6 Å². The number of hydrazine groups is 1. The van der Waals surface area contributed by atoms with Gasteiger partial charge >= 0.3 is 6.09 Å². The van der Waals surface area contributed by atoms with Crippen molar-refractivity contribution in [2.45, 2.75) is 46.0 Å². The molecule has 1 aromatic rings. The first-order valence-electron chi connectivity index (χ1n) is 9.34. The van der Waals surface area contributed by atoms with Crippen LogP contribution in [-0.4, -0.2) is 42.5 Å². The summed E-state index contributed by atoms with van der Waals surface area (Å²) in [6.07, 6.45) is 0.981. The maximum absolute atomic E-state index is 12.3. The molecular weight excluding hydrogens is 346 g/mol. The number of rotatable bonds is 3. The van der Waals surface area contributed by atoms with Gasteiger partial charge in [-0.1, -0.05) is 32.9 Å². The summed E-state index contributed by atoms with van der Waals surface area (Å²) in [5.41, 5.74) is 6.53. The number of ether oxygens (including phenoxy) is 1. The molecule has 0 spiro atoms. The molecule has 148 valence electrons. The third-order valence-electron chi connectivity index (χ3n) is 4.63. The number of benzene rings is 1. The van der Waals surface area contributed by atoms with Gasteiger partial charge in [0.05, 0.1) is 12.5 Å². The van der Waals surface area contributed by atoms with Crippen molar-refractivity contribution in [2.75, 3.05) is 19.7 Å². The standard InChI is InChI=1S/C20H29N3O4/c1-5-27-19(26)23-12-6-7-15(13-23)18(25)22-21-17(24)14-8-10-16(11-9-14)20(2,3)4/h8-11,15H,5-7,12-13H2,1-4H3,(H,21,24)(H,22,25)/t15-/m0/s1. The van der Waals surface area contributed by atoms with E-state index in [4.69, 9.17) is 4.74 Å². The molecule has 1 heterocycles. The molecule has 1 aliphatic heterocycles. The number of hydrogen-bond acceptors (Lipinski definition) is 4. The van der Waals surface area contributed by atoms with Crippen molar-refractivity contribution in [3.8, 4) is 0 Å². The Morgan fingerprint density at radius 1 is 1.15 bits per heavy atom. The summed E-state index contributed by atoms with van der Waals surface area (Å²) in [4.78, 5) is 37.9. The molecule has 0 bridgehead atoms. The molecule has 1 aliphatic rings. The predicted molar refractivity (Wildman–Crippen MR) is 102 cm³/mol. The molecule has 1 atom stereocenters. The minimum atomic E-state index is -0.405. The van der Waals surface area contributed by atoms with Gasteiger partial charge < -0.3 is 9.64 Å². The molecule has 1 fully saturated rings. The molecule has 0 saturated carbocycles. The average Bonchev–Trinajstić information content (AvgIpc) is 2.65. The Balaban J connectivity index is 1.87. The summed E-state index contributed by atoms with van der Waals surface area (Å²) in [6, 6.07) is 7.31. The van der Waals surface area contributed by atoms with Crippen LogP contribution >= 0.6 is 0 Å². The fourth-order valence-corrected chi connectivity index (χ4v) is 2.99. The Bertz CT molecular complexity index is 679. The fourth-order valence-electron chi connectivity index (χ4n) is 2.99. The molecule has 2 rings (SSSR count). The van der Waals surface area contributed by atoms with Crippen molar-refractivity contribution in [1.82, 2.24) is 15.8 Å². The highest BCUT2D eigenvalue weighted by Gasteiger charge is 2.29. The zero-order valence-electron chi connectivity index (χ0n) is 16.5. The second-order valence-electron chi connectivity index (χ2n) is 7.75. The Morgan fingerprint density at radius 2 is 1.81 bits per heavy atom. The molecule has 0 radical (unpaired) electrons. The van der Waals surface area contributed by atoms with Crippen LogP contribution < -0.4 is 10.9 Å². The normalized spacial score (nSPS) is 17.2. The van der Waals surface area contributed by atoms with Crippen LogP contribution in [0.5, 0.6) is 0 Å². The predicted octanol–water partition coefficient (Wildman–Crippen LogP) is 2.61. The smallest absolute Gasteiger partial charge is 0.409 e. The van der Waals surface area contributed by atoms with Crippen LogP contribution in [0.15, 0.2) is 24.3 Å². The number of carbonyl (C=O) groups excluding carboxylic acids is 3. The number of piperidine rings is 1. The first kappa shape index (κ1) is 20.7. The first-order chi connectivity index (χ1) is 12.7. The quantitative estimate of drug-likeness (QED) is 0.795. The highest BCUT2D eigenvalue weighted by Crippen LogP contribution is 2.22. The van der Waals surface area contributed by atoms with E-state index in [-0.39, 0.29) is 23.1 Å². The summed E-state index contributed by atoms with van der Waals surface area (Å²) in [5.74, 6) is -1.04. The van der Waals surface area contributed by atoms with Crippen molar-refractivity contribution in [3.05, 3.63) is 35.4 Å². The maximum atomic E-state index is 12.3. The summed E-state index contributed by atoms with van der Waals surface area (Å²) in [6.45, 7) is 9.23. The van der Waals surface area contributed by atoms with Gasteiger partial charge in [0, 0.05) is 18.7 Å². The van der Waals surface area contributed by atoms with E-state index in [0.717, 1.165) is 12.0 Å². The molecule has 2 N–H and O–H groups in total. The average molecular weight is 375 g/mol. The van der Waals surface area contributed by atoms with E-state index in [1.165, 1.54) is 4.90 Å². The van der Waals surface area contributed by atoms with E-state index < -0.39 is 6.09 Å². The first-order valence-corrected chi connectivity index (χ1v) is 9.34. The van der Waals surface area contributed by atoms with Gasteiger partial charge in [0.2, 0.25) is 5.91 Å². The second-order valence-corrected chi connectivity index (χ2v) is 7.75. The number of nitrogens with one attached hydrogen (secondary N) is 2. The number of amides is 3. The minimum absolute atomic E-state index is 0.00893. The zero-order valence-corrected chi connectivity index (χ0v) is 16.5. The van der Waals surface area contributed by atoms with Crippen molar-refractivity contribution >= 4 is 17.9 Å². The van der Waals surface area contributed by atoms with E-state index >= 15 is 0 Å². The van der Waals surface area contributed by atoms with Gasteiger partial charge in [-0.25, -0.2) is 4.79 Å². The second kappa shape index (κ2) is 8.88. The van der Waals surface area contributed by atoms with Gasteiger partial charge in [-0.3, -0.25) is 20.4 Å². The molecule has 1 saturated heterocycles. The van der Waals surface area contributed by atoms with Crippen LogP contribution in [-0.2, 0) is 14.9 Å². The van der Waals surface area contributed by atoms with Gasteiger partial charge in [-0.05, 0) is 42.9 Å². The van der Waals surface area contributed by atoms with Gasteiger partial charge in [0.25, 0.3) is 5.91 Å². The number of carbonyl (C=O) groups is 3. The molecule has 27 heavy (non-hydrogen) atoms. The van der Waals surface area contributed by atoms with Gasteiger partial charge in [0.1, 0.15) is 0 Å². The van der Waals surface area contributed by atoms with E-state index in [0.29, 0.717) is 31.7 Å². The number of hydrogen-bond donors (Lipinski definition) is 2. The number of likely N-dealkylation sites (tertiary alicyclic amines) is 1. The number of nitrogens with zero attached hydrogens (tertiary/aromatic N) is 1. The zero-order chi connectivity index (χ0) is 20.0.